The van der Waals surface area contributed by atoms with Gasteiger partial charge in [0.25, 0.3) is 0 Å². The summed E-state index contributed by atoms with van der Waals surface area (Å²) < 4.78 is 24.9. The fourth-order valence-electron chi connectivity index (χ4n) is 1.35. The Balaban J connectivity index is 2.47. The van der Waals surface area contributed by atoms with Gasteiger partial charge in [-0.3, -0.25) is 4.98 Å². The fourth-order valence-corrected chi connectivity index (χ4v) is 2.83. The van der Waals surface area contributed by atoms with E-state index >= 15 is 0 Å². The Bertz CT molecular complexity index is 422. The molecule has 0 aliphatic rings. The van der Waals surface area contributed by atoms with Gasteiger partial charge >= 0.3 is 0 Å². The summed E-state index contributed by atoms with van der Waals surface area (Å²) in [5.74, 6) is 0.475. The van der Waals surface area contributed by atoms with Gasteiger partial charge in [0.05, 0.1) is 5.75 Å². The van der Waals surface area contributed by atoms with Crippen molar-refractivity contribution in [2.24, 2.45) is 0 Å². The Morgan fingerprint density at radius 1 is 1.41 bits per heavy atom. The third-order valence-electron chi connectivity index (χ3n) is 2.42. The molecule has 0 aliphatic heterocycles. The number of nitrogens with zero attached hydrogens (tertiary/aromatic N) is 2. The lowest BCUT2D eigenvalue weighted by Gasteiger charge is -2.16. The molecule has 0 atom stereocenters. The number of likely N-dealkylation sites (N-methyl/N-ethyl adjacent to an activating group) is 1. The molecule has 0 fully saturated rings. The van der Waals surface area contributed by atoms with Crippen molar-refractivity contribution in [3.05, 3.63) is 30.1 Å². The van der Waals surface area contributed by atoms with E-state index in [2.05, 4.69) is 4.98 Å². The Labute approximate surface area is 108 Å². The number of sulfonamides is 1. The van der Waals surface area contributed by atoms with Gasteiger partial charge in [0.1, 0.15) is 0 Å². The predicted molar refractivity (Wildman–Crippen MR) is 69.7 cm³/mol. The van der Waals surface area contributed by atoms with Crippen LogP contribution in [0.3, 0.4) is 0 Å². The molecule has 0 N–H and O–H groups in total. The summed E-state index contributed by atoms with van der Waals surface area (Å²) in [6.45, 7) is 0.446. The van der Waals surface area contributed by atoms with E-state index < -0.39 is 10.0 Å². The van der Waals surface area contributed by atoms with Gasteiger partial charge in [-0.1, -0.05) is 6.07 Å². The number of hydrogen-bond acceptors (Lipinski definition) is 3. The number of hydrogen-bond donors (Lipinski definition) is 0. The minimum Gasteiger partial charge on any atom is -0.261 e. The number of halogens is 1. The maximum atomic E-state index is 11.8. The Hall–Kier alpha value is -0.650. The molecular formula is C11H17ClN2O2S. The van der Waals surface area contributed by atoms with E-state index in [4.69, 9.17) is 11.6 Å². The predicted octanol–water partition coefficient (Wildman–Crippen LogP) is 1.51. The van der Waals surface area contributed by atoms with Crippen LogP contribution in [-0.2, 0) is 16.4 Å². The molecule has 1 rings (SSSR count). The molecule has 1 heterocycles. The van der Waals surface area contributed by atoms with E-state index in [0.717, 1.165) is 5.69 Å². The summed E-state index contributed by atoms with van der Waals surface area (Å²) in [4.78, 5) is 4.15. The molecular weight excluding hydrogens is 260 g/mol. The van der Waals surface area contributed by atoms with E-state index in [-0.39, 0.29) is 5.75 Å². The largest absolute Gasteiger partial charge is 0.261 e. The molecule has 0 unspecified atom stereocenters. The molecule has 0 saturated heterocycles. The van der Waals surface area contributed by atoms with Crippen LogP contribution in [0.2, 0.25) is 0 Å². The topological polar surface area (TPSA) is 50.3 Å². The van der Waals surface area contributed by atoms with Crippen molar-refractivity contribution in [1.82, 2.24) is 9.29 Å². The van der Waals surface area contributed by atoms with Gasteiger partial charge in [0.2, 0.25) is 10.0 Å². The first-order valence-electron chi connectivity index (χ1n) is 5.46. The third-order valence-corrected chi connectivity index (χ3v) is 4.62. The van der Waals surface area contributed by atoms with Crippen molar-refractivity contribution in [3.8, 4) is 0 Å². The fraction of sp³-hybridized carbons (Fsp3) is 0.545. The second-order valence-corrected chi connectivity index (χ2v) is 6.32. The van der Waals surface area contributed by atoms with Crippen molar-refractivity contribution < 1.29 is 8.42 Å². The molecule has 96 valence electrons. The third kappa shape index (κ3) is 5.02. The summed E-state index contributed by atoms with van der Waals surface area (Å²) in [6, 6.07) is 5.62. The number of aromatic nitrogens is 1. The second kappa shape index (κ2) is 6.93. The van der Waals surface area contributed by atoms with Crippen molar-refractivity contribution >= 4 is 21.6 Å². The van der Waals surface area contributed by atoms with Crippen LogP contribution >= 0.6 is 11.6 Å². The van der Waals surface area contributed by atoms with Gasteiger partial charge in [-0.15, -0.1) is 11.6 Å². The van der Waals surface area contributed by atoms with Crippen LogP contribution in [0, 0.1) is 0 Å². The molecule has 4 nitrogen and oxygen atoms in total. The lowest BCUT2D eigenvalue weighted by Crippen LogP contribution is -2.31. The first-order valence-corrected chi connectivity index (χ1v) is 7.60. The molecule has 0 saturated carbocycles. The highest BCUT2D eigenvalue weighted by Crippen LogP contribution is 2.04. The van der Waals surface area contributed by atoms with Crippen molar-refractivity contribution in [2.75, 3.05) is 25.2 Å². The highest BCUT2D eigenvalue weighted by molar-refractivity contribution is 7.89. The van der Waals surface area contributed by atoms with Gasteiger partial charge < -0.3 is 0 Å². The van der Waals surface area contributed by atoms with Crippen molar-refractivity contribution in [2.45, 2.75) is 12.8 Å². The summed E-state index contributed by atoms with van der Waals surface area (Å²) in [7, 11) is -1.58. The van der Waals surface area contributed by atoms with Crippen LogP contribution in [-0.4, -0.2) is 42.9 Å². The van der Waals surface area contributed by atoms with Crippen LogP contribution < -0.4 is 0 Å². The molecule has 0 radical (unpaired) electrons. The molecule has 0 aliphatic carbocycles. The standard InChI is InChI=1S/C11H17ClN2O2S/c1-14(17(15,16)10-4-7-12)9-6-11-5-2-3-8-13-11/h2-3,5,8H,4,6-7,9-10H2,1H3. The van der Waals surface area contributed by atoms with Crippen molar-refractivity contribution in [3.63, 3.8) is 0 Å². The lowest BCUT2D eigenvalue weighted by atomic mass is 10.3. The van der Waals surface area contributed by atoms with E-state index in [1.807, 2.05) is 18.2 Å². The smallest absolute Gasteiger partial charge is 0.213 e. The molecule has 0 aromatic carbocycles. The zero-order chi connectivity index (χ0) is 12.7. The SMILES string of the molecule is CN(CCc1ccccn1)S(=O)(=O)CCCCl. The monoisotopic (exact) mass is 276 g/mol. The Morgan fingerprint density at radius 2 is 2.18 bits per heavy atom. The summed E-state index contributed by atoms with van der Waals surface area (Å²) >= 11 is 5.49. The summed E-state index contributed by atoms with van der Waals surface area (Å²) in [6.07, 6.45) is 2.81. The van der Waals surface area contributed by atoms with E-state index in [0.29, 0.717) is 25.3 Å². The minimum absolute atomic E-state index is 0.106. The number of pyridine rings is 1. The van der Waals surface area contributed by atoms with Gasteiger partial charge in [-0.2, -0.15) is 0 Å². The second-order valence-electron chi connectivity index (χ2n) is 3.75. The zero-order valence-electron chi connectivity index (χ0n) is 9.84. The van der Waals surface area contributed by atoms with Crippen LogP contribution in [0.25, 0.3) is 0 Å². The minimum atomic E-state index is -3.17. The molecule has 1 aromatic heterocycles. The first-order chi connectivity index (χ1) is 8.06. The molecule has 0 amide bonds. The van der Waals surface area contributed by atoms with Gasteiger partial charge in [0.15, 0.2) is 0 Å². The van der Waals surface area contributed by atoms with Crippen LogP contribution in [0.15, 0.2) is 24.4 Å². The highest BCUT2D eigenvalue weighted by Gasteiger charge is 2.16. The molecule has 0 spiro atoms. The maximum absolute atomic E-state index is 11.8. The Kier molecular flexibility index (Phi) is 5.88. The van der Waals surface area contributed by atoms with Gasteiger partial charge in [-0.05, 0) is 18.6 Å². The van der Waals surface area contributed by atoms with Crippen molar-refractivity contribution in [1.29, 1.82) is 0 Å². The van der Waals surface area contributed by atoms with E-state index in [1.165, 1.54) is 4.31 Å². The Morgan fingerprint density at radius 3 is 2.76 bits per heavy atom. The van der Waals surface area contributed by atoms with E-state index in [9.17, 15) is 8.42 Å². The summed E-state index contributed by atoms with van der Waals surface area (Å²) in [5, 5.41) is 0. The number of alkyl halides is 1. The van der Waals surface area contributed by atoms with Gasteiger partial charge in [0, 0.05) is 37.8 Å². The lowest BCUT2D eigenvalue weighted by molar-refractivity contribution is 0.470. The van der Waals surface area contributed by atoms with Crippen LogP contribution in [0.5, 0.6) is 0 Å². The normalized spacial score (nSPS) is 11.9. The molecule has 0 bridgehead atoms. The van der Waals surface area contributed by atoms with Crippen LogP contribution in [0.1, 0.15) is 12.1 Å². The quantitative estimate of drug-likeness (QED) is 0.710. The average molecular weight is 277 g/mol. The first kappa shape index (κ1) is 14.4. The maximum Gasteiger partial charge on any atom is 0.213 e. The van der Waals surface area contributed by atoms with E-state index in [1.54, 1.807) is 13.2 Å². The average Bonchev–Trinajstić information content (AvgIpc) is 2.34. The highest BCUT2D eigenvalue weighted by atomic mass is 35.5. The zero-order valence-corrected chi connectivity index (χ0v) is 11.4. The molecule has 6 heteroatoms. The summed E-state index contributed by atoms with van der Waals surface area (Å²) in [5.41, 5.74) is 0.895. The molecule has 17 heavy (non-hydrogen) atoms. The van der Waals surface area contributed by atoms with Gasteiger partial charge in [-0.25, -0.2) is 12.7 Å². The number of rotatable bonds is 7. The van der Waals surface area contributed by atoms with Crippen LogP contribution in [0.4, 0.5) is 0 Å². The molecule has 1 aromatic rings.